The fourth-order valence-electron chi connectivity index (χ4n) is 1.01. The van der Waals surface area contributed by atoms with Crippen LogP contribution in [0, 0.1) is 5.41 Å². The summed E-state index contributed by atoms with van der Waals surface area (Å²) in [5.41, 5.74) is 0.427. The Balaban J connectivity index is 2.89. The standard InChI is InChI=1S/C9H13NO/c1-7(2)10-6-5-9(3,4)8(10)11/h5-6H,1H2,2-4H3. The van der Waals surface area contributed by atoms with Crippen LogP contribution in [0.1, 0.15) is 20.8 Å². The van der Waals surface area contributed by atoms with Crippen LogP contribution in [0.15, 0.2) is 24.6 Å². The van der Waals surface area contributed by atoms with E-state index in [-0.39, 0.29) is 11.3 Å². The molecule has 0 fully saturated rings. The van der Waals surface area contributed by atoms with Crippen molar-refractivity contribution in [2.75, 3.05) is 0 Å². The zero-order chi connectivity index (χ0) is 8.65. The second-order valence-electron chi connectivity index (χ2n) is 3.45. The fraction of sp³-hybridized carbons (Fsp3) is 0.444. The highest BCUT2D eigenvalue weighted by atomic mass is 16.2. The molecule has 0 aromatic heterocycles. The van der Waals surface area contributed by atoms with Crippen LogP contribution >= 0.6 is 0 Å². The lowest BCUT2D eigenvalue weighted by Gasteiger charge is -2.19. The summed E-state index contributed by atoms with van der Waals surface area (Å²) in [6.07, 6.45) is 3.68. The molecule has 0 unspecified atom stereocenters. The molecule has 0 aromatic rings. The van der Waals surface area contributed by atoms with Crippen molar-refractivity contribution >= 4 is 5.91 Å². The Hall–Kier alpha value is -1.05. The molecule has 0 aromatic carbocycles. The second-order valence-corrected chi connectivity index (χ2v) is 3.45. The third-order valence-electron chi connectivity index (χ3n) is 1.82. The smallest absolute Gasteiger partial charge is 0.240 e. The molecule has 0 N–H and O–H groups in total. The Bertz CT molecular complexity index is 238. The van der Waals surface area contributed by atoms with Gasteiger partial charge >= 0.3 is 0 Å². The monoisotopic (exact) mass is 151 g/mol. The zero-order valence-electron chi connectivity index (χ0n) is 7.22. The van der Waals surface area contributed by atoms with Gasteiger partial charge in [-0.3, -0.25) is 9.69 Å². The summed E-state index contributed by atoms with van der Waals surface area (Å²) in [4.78, 5) is 13.1. The molecule has 0 spiro atoms. The first-order valence-corrected chi connectivity index (χ1v) is 3.64. The van der Waals surface area contributed by atoms with E-state index in [4.69, 9.17) is 0 Å². The SMILES string of the molecule is C=C(C)N1C=CC(C)(C)C1=O. The first-order chi connectivity index (χ1) is 4.95. The van der Waals surface area contributed by atoms with Gasteiger partial charge in [-0.05, 0) is 20.8 Å². The highest BCUT2D eigenvalue weighted by Gasteiger charge is 2.33. The molecule has 0 bridgehead atoms. The number of carbonyl (C=O) groups excluding carboxylic acids is 1. The summed E-state index contributed by atoms with van der Waals surface area (Å²) in [5, 5.41) is 0. The van der Waals surface area contributed by atoms with Gasteiger partial charge in [0.2, 0.25) is 5.91 Å². The second kappa shape index (κ2) is 2.22. The topological polar surface area (TPSA) is 20.3 Å². The third kappa shape index (κ3) is 1.20. The predicted octanol–water partition coefficient (Wildman–Crippen LogP) is 1.90. The lowest BCUT2D eigenvalue weighted by atomic mass is 9.95. The number of rotatable bonds is 1. The maximum atomic E-state index is 11.5. The molecular formula is C9H13NO. The van der Waals surface area contributed by atoms with E-state index in [0.717, 1.165) is 5.70 Å². The summed E-state index contributed by atoms with van der Waals surface area (Å²) < 4.78 is 0. The lowest BCUT2D eigenvalue weighted by Crippen LogP contribution is -2.29. The molecule has 1 rings (SSSR count). The minimum absolute atomic E-state index is 0.102. The number of hydrogen-bond acceptors (Lipinski definition) is 1. The number of nitrogens with zero attached hydrogens (tertiary/aromatic N) is 1. The number of hydrogen-bond donors (Lipinski definition) is 0. The molecule has 1 aliphatic heterocycles. The van der Waals surface area contributed by atoms with Crippen molar-refractivity contribution in [2.24, 2.45) is 5.41 Å². The van der Waals surface area contributed by atoms with Crippen molar-refractivity contribution in [3.05, 3.63) is 24.6 Å². The molecule has 0 saturated heterocycles. The minimum atomic E-state index is -0.348. The number of carbonyl (C=O) groups is 1. The summed E-state index contributed by atoms with van der Waals surface area (Å²) in [5.74, 6) is 0.102. The molecule has 2 nitrogen and oxygen atoms in total. The van der Waals surface area contributed by atoms with Gasteiger partial charge in [0.1, 0.15) is 0 Å². The first kappa shape index (κ1) is 8.05. The van der Waals surface area contributed by atoms with E-state index >= 15 is 0 Å². The van der Waals surface area contributed by atoms with Gasteiger partial charge < -0.3 is 0 Å². The predicted molar refractivity (Wildman–Crippen MR) is 44.6 cm³/mol. The highest BCUT2D eigenvalue weighted by Crippen LogP contribution is 2.28. The van der Waals surface area contributed by atoms with Gasteiger partial charge in [-0.2, -0.15) is 0 Å². The maximum absolute atomic E-state index is 11.5. The maximum Gasteiger partial charge on any atom is 0.240 e. The normalized spacial score (nSPS) is 21.0. The minimum Gasteiger partial charge on any atom is -0.292 e. The first-order valence-electron chi connectivity index (χ1n) is 3.64. The molecule has 1 amide bonds. The summed E-state index contributed by atoms with van der Waals surface area (Å²) >= 11 is 0. The van der Waals surface area contributed by atoms with Crippen LogP contribution < -0.4 is 0 Å². The van der Waals surface area contributed by atoms with Gasteiger partial charge in [0.05, 0.1) is 5.41 Å². The van der Waals surface area contributed by atoms with Gasteiger partial charge in [-0.1, -0.05) is 12.7 Å². The van der Waals surface area contributed by atoms with Crippen LogP contribution in [0.5, 0.6) is 0 Å². The zero-order valence-corrected chi connectivity index (χ0v) is 7.22. The van der Waals surface area contributed by atoms with Crippen LogP contribution in [0.25, 0.3) is 0 Å². The Kier molecular flexibility index (Phi) is 1.63. The van der Waals surface area contributed by atoms with Gasteiger partial charge in [0.15, 0.2) is 0 Å². The van der Waals surface area contributed by atoms with Crippen molar-refractivity contribution in [3.8, 4) is 0 Å². The van der Waals surface area contributed by atoms with Crippen molar-refractivity contribution < 1.29 is 4.79 Å². The van der Waals surface area contributed by atoms with Crippen LogP contribution in [-0.4, -0.2) is 10.8 Å². The number of allylic oxidation sites excluding steroid dienone is 1. The van der Waals surface area contributed by atoms with E-state index in [1.807, 2.05) is 26.8 Å². The lowest BCUT2D eigenvalue weighted by molar-refractivity contribution is -0.131. The fourth-order valence-corrected chi connectivity index (χ4v) is 1.01. The molecule has 0 saturated carbocycles. The van der Waals surface area contributed by atoms with Crippen molar-refractivity contribution in [2.45, 2.75) is 20.8 Å². The van der Waals surface area contributed by atoms with E-state index in [1.54, 1.807) is 11.1 Å². The van der Waals surface area contributed by atoms with Crippen LogP contribution in [0.4, 0.5) is 0 Å². The average molecular weight is 151 g/mol. The van der Waals surface area contributed by atoms with E-state index in [1.165, 1.54) is 0 Å². The van der Waals surface area contributed by atoms with Crippen LogP contribution in [-0.2, 0) is 4.79 Å². The van der Waals surface area contributed by atoms with Crippen LogP contribution in [0.3, 0.4) is 0 Å². The summed E-state index contributed by atoms with van der Waals surface area (Å²) in [6.45, 7) is 9.33. The molecule has 2 heteroatoms. The average Bonchev–Trinajstić information content (AvgIpc) is 2.09. The van der Waals surface area contributed by atoms with Gasteiger partial charge in [-0.15, -0.1) is 0 Å². The van der Waals surface area contributed by atoms with Crippen molar-refractivity contribution in [1.29, 1.82) is 0 Å². The molecule has 0 aliphatic carbocycles. The largest absolute Gasteiger partial charge is 0.292 e. The highest BCUT2D eigenvalue weighted by molar-refractivity contribution is 5.88. The molecule has 1 aliphatic rings. The summed E-state index contributed by atoms with van der Waals surface area (Å²) in [6, 6.07) is 0. The number of amides is 1. The Morgan fingerprint density at radius 1 is 1.64 bits per heavy atom. The third-order valence-corrected chi connectivity index (χ3v) is 1.82. The van der Waals surface area contributed by atoms with Crippen LogP contribution in [0.2, 0.25) is 0 Å². The van der Waals surface area contributed by atoms with Gasteiger partial charge in [-0.25, -0.2) is 0 Å². The quantitative estimate of drug-likeness (QED) is 0.560. The van der Waals surface area contributed by atoms with Crippen molar-refractivity contribution in [3.63, 3.8) is 0 Å². The molecule has 0 radical (unpaired) electrons. The molecule has 60 valence electrons. The Labute approximate surface area is 67.2 Å². The molecule has 0 atom stereocenters. The van der Waals surface area contributed by atoms with Gasteiger partial charge in [0.25, 0.3) is 0 Å². The Morgan fingerprint density at radius 2 is 2.18 bits per heavy atom. The van der Waals surface area contributed by atoms with E-state index in [9.17, 15) is 4.79 Å². The van der Waals surface area contributed by atoms with E-state index in [2.05, 4.69) is 6.58 Å². The van der Waals surface area contributed by atoms with E-state index in [0.29, 0.717) is 0 Å². The van der Waals surface area contributed by atoms with Crippen molar-refractivity contribution in [1.82, 2.24) is 4.90 Å². The molecule has 11 heavy (non-hydrogen) atoms. The summed E-state index contributed by atoms with van der Waals surface area (Å²) in [7, 11) is 0. The Morgan fingerprint density at radius 3 is 2.36 bits per heavy atom. The van der Waals surface area contributed by atoms with Gasteiger partial charge in [0, 0.05) is 11.9 Å². The van der Waals surface area contributed by atoms with E-state index < -0.39 is 0 Å². The molecular weight excluding hydrogens is 138 g/mol. The molecule has 1 heterocycles.